The first-order valence-electron chi connectivity index (χ1n) is 8.18. The maximum absolute atomic E-state index is 12.2. The van der Waals surface area contributed by atoms with Gasteiger partial charge in [0.05, 0.1) is 6.07 Å². The fourth-order valence-corrected chi connectivity index (χ4v) is 1.99. The zero-order valence-corrected chi connectivity index (χ0v) is 16.2. The van der Waals surface area contributed by atoms with E-state index in [4.69, 9.17) is 19.7 Å². The third-order valence-corrected chi connectivity index (χ3v) is 3.44. The lowest BCUT2D eigenvalue weighted by Crippen LogP contribution is -2.63. The number of nitrogens with zero attached hydrogens (tertiary/aromatic N) is 1. The minimum absolute atomic E-state index is 0. The topological polar surface area (TPSA) is 166 Å². The Morgan fingerprint density at radius 1 is 1.24 bits per heavy atom. The summed E-state index contributed by atoms with van der Waals surface area (Å²) in [5.74, 6) is -2.73. The van der Waals surface area contributed by atoms with Crippen molar-refractivity contribution in [2.45, 2.75) is 19.2 Å². The Morgan fingerprint density at radius 2 is 1.93 bits per heavy atom. The maximum atomic E-state index is 12.2. The molecule has 0 aliphatic heterocycles. The molecule has 1 aromatic heterocycles. The number of ether oxygens (including phenoxy) is 2. The number of halogens is 1. The number of alkyl carbamates (subject to hydrolysis) is 1. The van der Waals surface area contributed by atoms with Gasteiger partial charge in [-0.1, -0.05) is 30.3 Å². The summed E-state index contributed by atoms with van der Waals surface area (Å²) in [4.78, 5) is 35.8. The van der Waals surface area contributed by atoms with Crippen LogP contribution in [0.15, 0.2) is 40.9 Å². The number of aromatic nitrogens is 1. The number of hydrogen-bond donors (Lipinski definition) is 4. The zero-order chi connectivity index (χ0) is 20.6. The van der Waals surface area contributed by atoms with Crippen LogP contribution in [0.2, 0.25) is 0 Å². The first-order valence-corrected chi connectivity index (χ1v) is 8.18. The number of nitrogens with two attached hydrogens (primary N) is 1. The van der Waals surface area contributed by atoms with E-state index in [2.05, 4.69) is 15.8 Å². The van der Waals surface area contributed by atoms with E-state index in [1.54, 1.807) is 30.3 Å². The number of carboxylic acid groups (broad SMARTS) is 1. The average molecular weight is 429 g/mol. The highest BCUT2D eigenvalue weighted by Gasteiger charge is 2.38. The van der Waals surface area contributed by atoms with Crippen LogP contribution in [0.5, 0.6) is 5.88 Å². The van der Waals surface area contributed by atoms with Crippen LogP contribution >= 0.6 is 12.4 Å². The van der Waals surface area contributed by atoms with E-state index in [-0.39, 0.29) is 43.8 Å². The summed E-state index contributed by atoms with van der Waals surface area (Å²) >= 11 is 0. The number of nitrogens with one attached hydrogen (secondary N) is 2. The van der Waals surface area contributed by atoms with Gasteiger partial charge in [0.25, 0.3) is 11.8 Å². The standard InChI is InChI=1S/C17H20N4O7.ClH/c1-17(15(23)24,20-16(25)27-10-11-5-3-2-4-6-11)19-14(22)12-9-13(21-28-12)26-8-7-18;/h2-6,9H,7-8,10,18H2,1H3,(H,19,22)(H,20,25)(H,23,24);1H. The number of carbonyl (C=O) groups is 3. The van der Waals surface area contributed by atoms with Gasteiger partial charge in [-0.3, -0.25) is 10.1 Å². The number of aliphatic carboxylic acids is 1. The summed E-state index contributed by atoms with van der Waals surface area (Å²) in [5.41, 5.74) is 3.84. The van der Waals surface area contributed by atoms with E-state index in [1.165, 1.54) is 6.07 Å². The number of carboxylic acids is 1. The normalized spacial score (nSPS) is 12.1. The smallest absolute Gasteiger partial charge is 0.409 e. The molecule has 0 bridgehead atoms. The molecular formula is C17H21ClN4O7. The first kappa shape index (κ1) is 23.7. The molecule has 1 heterocycles. The summed E-state index contributed by atoms with van der Waals surface area (Å²) in [6, 6.07) is 9.97. The second kappa shape index (κ2) is 10.9. The van der Waals surface area contributed by atoms with Gasteiger partial charge in [-0.2, -0.15) is 0 Å². The SMILES string of the molecule is CC(NC(=O)OCc1ccccc1)(NC(=O)c1cc(OCCN)no1)C(=O)O.Cl. The van der Waals surface area contributed by atoms with Crippen LogP contribution in [-0.2, 0) is 16.1 Å². The number of rotatable bonds is 9. The van der Waals surface area contributed by atoms with E-state index in [9.17, 15) is 19.5 Å². The van der Waals surface area contributed by atoms with Gasteiger partial charge in [0.1, 0.15) is 13.2 Å². The minimum Gasteiger partial charge on any atom is -0.478 e. The van der Waals surface area contributed by atoms with Crippen LogP contribution in [-0.4, -0.2) is 47.0 Å². The summed E-state index contributed by atoms with van der Waals surface area (Å²) in [6.07, 6.45) is -1.03. The molecule has 0 saturated heterocycles. The lowest BCUT2D eigenvalue weighted by molar-refractivity contribution is -0.145. The van der Waals surface area contributed by atoms with Gasteiger partial charge in [-0.15, -0.1) is 12.4 Å². The Balaban J connectivity index is 0.00000420. The predicted octanol–water partition coefficient (Wildman–Crippen LogP) is 0.891. The number of amides is 2. The van der Waals surface area contributed by atoms with Gasteiger partial charge in [0.15, 0.2) is 0 Å². The molecule has 1 atom stereocenters. The van der Waals surface area contributed by atoms with Crippen molar-refractivity contribution in [2.75, 3.05) is 13.2 Å². The highest BCUT2D eigenvalue weighted by Crippen LogP contribution is 2.12. The van der Waals surface area contributed by atoms with Crippen LogP contribution < -0.4 is 21.1 Å². The van der Waals surface area contributed by atoms with Crippen LogP contribution in [0, 0.1) is 0 Å². The van der Waals surface area contributed by atoms with Crippen LogP contribution in [0.4, 0.5) is 4.79 Å². The van der Waals surface area contributed by atoms with E-state index in [1.807, 2.05) is 0 Å². The van der Waals surface area contributed by atoms with Crippen molar-refractivity contribution >= 4 is 30.4 Å². The molecule has 2 aromatic rings. The van der Waals surface area contributed by atoms with Crippen LogP contribution in [0.25, 0.3) is 0 Å². The molecule has 2 rings (SSSR count). The third kappa shape index (κ3) is 6.97. The average Bonchev–Trinajstić information content (AvgIpc) is 3.14. The Bertz CT molecular complexity index is 830. The lowest BCUT2D eigenvalue weighted by Gasteiger charge is -2.26. The highest BCUT2D eigenvalue weighted by molar-refractivity contribution is 5.96. The van der Waals surface area contributed by atoms with Gasteiger partial charge >= 0.3 is 12.1 Å². The molecule has 0 aliphatic carbocycles. The van der Waals surface area contributed by atoms with Crippen LogP contribution in [0.3, 0.4) is 0 Å². The third-order valence-electron chi connectivity index (χ3n) is 3.44. The molecule has 0 fully saturated rings. The fourth-order valence-electron chi connectivity index (χ4n) is 1.99. The van der Waals surface area contributed by atoms with E-state index in [0.29, 0.717) is 5.56 Å². The largest absolute Gasteiger partial charge is 0.478 e. The van der Waals surface area contributed by atoms with Crippen molar-refractivity contribution in [3.63, 3.8) is 0 Å². The van der Waals surface area contributed by atoms with Crippen LogP contribution in [0.1, 0.15) is 23.0 Å². The van der Waals surface area contributed by atoms with Gasteiger partial charge in [0, 0.05) is 6.54 Å². The summed E-state index contributed by atoms with van der Waals surface area (Å²) in [5, 5.41) is 17.2. The van der Waals surface area contributed by atoms with Crippen molar-refractivity contribution in [2.24, 2.45) is 5.73 Å². The van der Waals surface area contributed by atoms with Crippen molar-refractivity contribution in [3.8, 4) is 5.88 Å². The van der Waals surface area contributed by atoms with Crippen molar-refractivity contribution in [1.82, 2.24) is 15.8 Å². The molecule has 1 unspecified atom stereocenters. The van der Waals surface area contributed by atoms with Crippen molar-refractivity contribution in [3.05, 3.63) is 47.7 Å². The molecule has 0 saturated carbocycles. The number of hydrogen-bond acceptors (Lipinski definition) is 8. The first-order chi connectivity index (χ1) is 13.3. The Kier molecular flexibility index (Phi) is 8.90. The molecule has 0 spiro atoms. The van der Waals surface area contributed by atoms with Gasteiger partial charge in [-0.05, 0) is 17.6 Å². The molecule has 11 nitrogen and oxygen atoms in total. The Morgan fingerprint density at radius 3 is 2.55 bits per heavy atom. The predicted molar refractivity (Wildman–Crippen MR) is 102 cm³/mol. The number of benzene rings is 1. The molecule has 0 aliphatic rings. The van der Waals surface area contributed by atoms with Gasteiger partial charge < -0.3 is 30.2 Å². The quantitative estimate of drug-likeness (QED) is 0.424. The maximum Gasteiger partial charge on any atom is 0.409 e. The van der Waals surface area contributed by atoms with E-state index < -0.39 is 23.6 Å². The second-order valence-corrected chi connectivity index (χ2v) is 5.74. The Labute approximate surface area is 171 Å². The molecule has 5 N–H and O–H groups in total. The Hall–Kier alpha value is -3.31. The fraction of sp³-hybridized carbons (Fsp3) is 0.294. The minimum atomic E-state index is -2.16. The molecule has 2 amide bonds. The second-order valence-electron chi connectivity index (χ2n) is 5.74. The number of carbonyl (C=O) groups excluding carboxylic acids is 2. The van der Waals surface area contributed by atoms with E-state index in [0.717, 1.165) is 6.92 Å². The lowest BCUT2D eigenvalue weighted by atomic mass is 10.2. The summed E-state index contributed by atoms with van der Waals surface area (Å²) in [7, 11) is 0. The molecule has 1 aromatic carbocycles. The molecule has 29 heavy (non-hydrogen) atoms. The molecule has 12 heteroatoms. The monoisotopic (exact) mass is 428 g/mol. The van der Waals surface area contributed by atoms with Gasteiger partial charge in [-0.25, -0.2) is 9.59 Å². The zero-order valence-electron chi connectivity index (χ0n) is 15.4. The van der Waals surface area contributed by atoms with Crippen molar-refractivity contribution in [1.29, 1.82) is 0 Å². The van der Waals surface area contributed by atoms with Gasteiger partial charge in [0.2, 0.25) is 11.4 Å². The summed E-state index contributed by atoms with van der Waals surface area (Å²) in [6.45, 7) is 1.41. The molecular weight excluding hydrogens is 408 g/mol. The molecule has 0 radical (unpaired) electrons. The summed E-state index contributed by atoms with van der Waals surface area (Å²) < 4.78 is 14.9. The van der Waals surface area contributed by atoms with E-state index >= 15 is 0 Å². The molecule has 158 valence electrons. The van der Waals surface area contributed by atoms with Crippen molar-refractivity contribution < 1.29 is 33.5 Å². The highest BCUT2D eigenvalue weighted by atomic mass is 35.5.